The number of nitrogens with zero attached hydrogens (tertiary/aromatic N) is 2. The minimum atomic E-state index is -0.970. The molecular formula is C29H28N2O6. The number of rotatable bonds is 7. The number of hydrogen-bond acceptors (Lipinski definition) is 7. The predicted octanol–water partition coefficient (Wildman–Crippen LogP) is 4.44. The van der Waals surface area contributed by atoms with Crippen LogP contribution in [0.4, 0.5) is 5.69 Å². The molecule has 1 N–H and O–H groups in total. The lowest BCUT2D eigenvalue weighted by Gasteiger charge is -2.25. The number of hydrogen-bond donors (Lipinski definition) is 1. The zero-order valence-corrected chi connectivity index (χ0v) is 21.1. The van der Waals surface area contributed by atoms with Crippen LogP contribution in [0.1, 0.15) is 40.9 Å². The molecule has 1 aliphatic rings. The molecule has 2 heterocycles. The number of aryl methyl sites for hydroxylation is 2. The average molecular weight is 501 g/mol. The second-order valence-corrected chi connectivity index (χ2v) is 8.73. The fourth-order valence-corrected chi connectivity index (χ4v) is 4.62. The topological polar surface area (TPSA) is 106 Å². The van der Waals surface area contributed by atoms with Crippen molar-refractivity contribution in [2.75, 3.05) is 18.6 Å². The highest BCUT2D eigenvalue weighted by Gasteiger charge is 2.48. The number of benzene rings is 2. The molecule has 4 rings (SSSR count). The van der Waals surface area contributed by atoms with Crippen LogP contribution < -0.4 is 9.64 Å². The van der Waals surface area contributed by atoms with Crippen molar-refractivity contribution in [3.63, 3.8) is 0 Å². The van der Waals surface area contributed by atoms with Gasteiger partial charge in [-0.15, -0.1) is 0 Å². The highest BCUT2D eigenvalue weighted by Crippen LogP contribution is 2.43. The van der Waals surface area contributed by atoms with Crippen molar-refractivity contribution in [1.82, 2.24) is 4.98 Å². The van der Waals surface area contributed by atoms with Gasteiger partial charge in [-0.2, -0.15) is 0 Å². The van der Waals surface area contributed by atoms with Crippen molar-refractivity contribution in [3.8, 4) is 5.75 Å². The van der Waals surface area contributed by atoms with E-state index in [9.17, 15) is 19.5 Å². The fraction of sp³-hybridized carbons (Fsp3) is 0.241. The van der Waals surface area contributed by atoms with E-state index < -0.39 is 17.7 Å². The van der Waals surface area contributed by atoms with E-state index in [2.05, 4.69) is 4.98 Å². The van der Waals surface area contributed by atoms with Gasteiger partial charge in [0.05, 0.1) is 37.0 Å². The Labute approximate surface area is 215 Å². The lowest BCUT2D eigenvalue weighted by molar-refractivity contribution is -0.142. The molecule has 3 aromatic rings. The van der Waals surface area contributed by atoms with Crippen LogP contribution in [-0.4, -0.2) is 41.5 Å². The number of methoxy groups -OCH3 is 1. The molecule has 1 aliphatic heterocycles. The molecule has 0 radical (unpaired) electrons. The monoisotopic (exact) mass is 500 g/mol. The van der Waals surface area contributed by atoms with Crippen LogP contribution in [0, 0.1) is 13.8 Å². The Hall–Kier alpha value is -4.46. The van der Waals surface area contributed by atoms with E-state index in [0.717, 1.165) is 11.1 Å². The van der Waals surface area contributed by atoms with Gasteiger partial charge in [0.2, 0.25) is 0 Å². The number of Topliss-reactive ketones (excluding diaryl/α,β-unsaturated/α-hetero) is 1. The van der Waals surface area contributed by atoms with Gasteiger partial charge >= 0.3 is 5.97 Å². The first-order valence-corrected chi connectivity index (χ1v) is 11.9. The number of carbonyl (C=O) groups is 3. The third-order valence-electron chi connectivity index (χ3n) is 6.16. The lowest BCUT2D eigenvalue weighted by Crippen LogP contribution is -2.29. The van der Waals surface area contributed by atoms with Crippen molar-refractivity contribution >= 4 is 29.1 Å². The number of aromatic nitrogens is 1. The molecule has 1 amide bonds. The number of ketones is 1. The minimum absolute atomic E-state index is 0.0809. The van der Waals surface area contributed by atoms with E-state index >= 15 is 0 Å². The van der Waals surface area contributed by atoms with E-state index in [1.807, 2.05) is 19.9 Å². The first-order valence-electron chi connectivity index (χ1n) is 11.9. The molecular weight excluding hydrogens is 472 g/mol. The SMILES string of the molecule is CCOC(=O)Cc1ccc(N2C(=O)C(=O)/C(=C(/O)c3cc(C)cc(C)c3OC)C2c2ccccn2)cc1. The van der Waals surface area contributed by atoms with Crippen molar-refractivity contribution in [3.05, 3.63) is 94.3 Å². The van der Waals surface area contributed by atoms with E-state index in [1.54, 1.807) is 61.7 Å². The number of amides is 1. The molecule has 1 fully saturated rings. The maximum atomic E-state index is 13.4. The average Bonchev–Trinajstić information content (AvgIpc) is 3.14. The van der Waals surface area contributed by atoms with Crippen molar-refractivity contribution in [1.29, 1.82) is 0 Å². The van der Waals surface area contributed by atoms with Gasteiger partial charge in [-0.3, -0.25) is 24.3 Å². The summed E-state index contributed by atoms with van der Waals surface area (Å²) < 4.78 is 10.5. The molecule has 0 spiro atoms. The highest BCUT2D eigenvalue weighted by atomic mass is 16.5. The standard InChI is InChI=1S/C29H28N2O6/c1-5-37-23(32)16-19-9-11-20(12-10-19)31-25(22-8-6-7-13-30-22)24(27(34)29(31)35)26(33)21-15-17(2)14-18(3)28(21)36-4/h6-15,25,33H,5,16H2,1-4H3/b26-24+. The highest BCUT2D eigenvalue weighted by molar-refractivity contribution is 6.51. The van der Waals surface area contributed by atoms with Crippen LogP contribution >= 0.6 is 0 Å². The Morgan fingerprint density at radius 2 is 1.81 bits per heavy atom. The Kier molecular flexibility index (Phi) is 7.38. The molecule has 0 saturated carbocycles. The Morgan fingerprint density at radius 1 is 1.08 bits per heavy atom. The van der Waals surface area contributed by atoms with Crippen molar-refractivity contribution in [2.24, 2.45) is 0 Å². The number of carbonyl (C=O) groups excluding carboxylic acids is 3. The summed E-state index contributed by atoms with van der Waals surface area (Å²) >= 11 is 0. The van der Waals surface area contributed by atoms with Crippen molar-refractivity contribution in [2.45, 2.75) is 33.2 Å². The number of aliphatic hydroxyl groups excluding tert-OH is 1. The van der Waals surface area contributed by atoms with E-state index in [4.69, 9.17) is 9.47 Å². The lowest BCUT2D eigenvalue weighted by atomic mass is 9.95. The van der Waals surface area contributed by atoms with Crippen LogP contribution in [0.2, 0.25) is 0 Å². The van der Waals surface area contributed by atoms with Crippen LogP contribution in [0.25, 0.3) is 5.76 Å². The van der Waals surface area contributed by atoms with Gasteiger partial charge < -0.3 is 14.6 Å². The van der Waals surface area contributed by atoms with Crippen LogP contribution in [0.5, 0.6) is 5.75 Å². The summed E-state index contributed by atoms with van der Waals surface area (Å²) in [4.78, 5) is 44.3. The zero-order chi connectivity index (χ0) is 26.7. The normalized spacial score (nSPS) is 16.6. The summed E-state index contributed by atoms with van der Waals surface area (Å²) in [6.07, 6.45) is 1.65. The van der Waals surface area contributed by atoms with Crippen molar-refractivity contribution < 1.29 is 29.0 Å². The molecule has 1 aromatic heterocycles. The third-order valence-corrected chi connectivity index (χ3v) is 6.16. The second kappa shape index (κ2) is 10.7. The maximum Gasteiger partial charge on any atom is 0.310 e. The smallest absolute Gasteiger partial charge is 0.310 e. The van der Waals surface area contributed by atoms with Gasteiger partial charge in [-0.1, -0.05) is 24.3 Å². The summed E-state index contributed by atoms with van der Waals surface area (Å²) in [5.74, 6) is -1.90. The van der Waals surface area contributed by atoms with Gasteiger partial charge in [0, 0.05) is 11.9 Å². The summed E-state index contributed by atoms with van der Waals surface area (Å²) in [6, 6.07) is 14.6. The molecule has 1 unspecified atom stereocenters. The number of ether oxygens (including phenoxy) is 2. The number of esters is 1. The summed E-state index contributed by atoms with van der Waals surface area (Å²) in [6.45, 7) is 5.74. The van der Waals surface area contributed by atoms with Crippen LogP contribution in [0.3, 0.4) is 0 Å². The molecule has 1 saturated heterocycles. The molecule has 190 valence electrons. The quantitative estimate of drug-likeness (QED) is 0.221. The Bertz CT molecular complexity index is 1380. The maximum absolute atomic E-state index is 13.4. The zero-order valence-electron chi connectivity index (χ0n) is 21.1. The number of aliphatic hydroxyl groups is 1. The van der Waals surface area contributed by atoms with Gasteiger partial charge in [0.25, 0.3) is 11.7 Å². The van der Waals surface area contributed by atoms with Gasteiger partial charge in [0.15, 0.2) is 0 Å². The Balaban J connectivity index is 1.86. The van der Waals surface area contributed by atoms with Gasteiger partial charge in [-0.25, -0.2) is 0 Å². The summed E-state index contributed by atoms with van der Waals surface area (Å²) in [5, 5.41) is 11.5. The first kappa shape index (κ1) is 25.6. The largest absolute Gasteiger partial charge is 0.507 e. The second-order valence-electron chi connectivity index (χ2n) is 8.73. The van der Waals surface area contributed by atoms with E-state index in [0.29, 0.717) is 28.3 Å². The van der Waals surface area contributed by atoms with Crippen LogP contribution in [-0.2, 0) is 25.5 Å². The fourth-order valence-electron chi connectivity index (χ4n) is 4.62. The molecule has 37 heavy (non-hydrogen) atoms. The molecule has 0 bridgehead atoms. The van der Waals surface area contributed by atoms with Gasteiger partial charge in [0.1, 0.15) is 17.6 Å². The molecule has 8 heteroatoms. The molecule has 2 aromatic carbocycles. The molecule has 8 nitrogen and oxygen atoms in total. The molecule has 0 aliphatic carbocycles. The minimum Gasteiger partial charge on any atom is -0.507 e. The first-order chi connectivity index (χ1) is 17.8. The third kappa shape index (κ3) is 4.95. The van der Waals surface area contributed by atoms with E-state index in [-0.39, 0.29) is 30.3 Å². The summed E-state index contributed by atoms with van der Waals surface area (Å²) in [7, 11) is 1.49. The summed E-state index contributed by atoms with van der Waals surface area (Å²) in [5.41, 5.74) is 3.43. The van der Waals surface area contributed by atoms with E-state index in [1.165, 1.54) is 12.0 Å². The molecule has 1 atom stereocenters. The van der Waals surface area contributed by atoms with Crippen LogP contribution in [0.15, 0.2) is 66.4 Å². The Morgan fingerprint density at radius 3 is 2.43 bits per heavy atom. The number of anilines is 1. The number of pyridine rings is 1. The van der Waals surface area contributed by atoms with Gasteiger partial charge in [-0.05, 0) is 67.8 Å². The predicted molar refractivity (Wildman–Crippen MR) is 138 cm³/mol.